The Labute approximate surface area is 126 Å². The van der Waals surface area contributed by atoms with E-state index in [1.807, 2.05) is 12.1 Å². The van der Waals surface area contributed by atoms with E-state index in [0.717, 1.165) is 12.0 Å². The molecule has 0 saturated carbocycles. The molecule has 0 aromatic heterocycles. The van der Waals surface area contributed by atoms with Gasteiger partial charge in [-0.2, -0.15) is 0 Å². The summed E-state index contributed by atoms with van der Waals surface area (Å²) in [4.78, 5) is 0. The predicted octanol–water partition coefficient (Wildman–Crippen LogP) is 3.30. The van der Waals surface area contributed by atoms with E-state index in [9.17, 15) is 5.11 Å². The fourth-order valence-electron chi connectivity index (χ4n) is 2.49. The van der Waals surface area contributed by atoms with Crippen LogP contribution in [-0.4, -0.2) is 18.8 Å². The van der Waals surface area contributed by atoms with Crippen LogP contribution in [0.5, 0.6) is 11.5 Å². The first-order valence-electron chi connectivity index (χ1n) is 7.18. The first-order chi connectivity index (χ1) is 10.0. The molecule has 1 atom stereocenters. The first-order valence-corrected chi connectivity index (χ1v) is 7.18. The number of aryl methyl sites for hydroxylation is 2. The summed E-state index contributed by atoms with van der Waals surface area (Å²) in [5, 5.41) is 9.66. The van der Waals surface area contributed by atoms with Gasteiger partial charge < -0.3 is 15.6 Å². The average Bonchev–Trinajstić information content (AvgIpc) is 2.49. The lowest BCUT2D eigenvalue weighted by atomic mass is 9.90. The van der Waals surface area contributed by atoms with Crippen LogP contribution >= 0.6 is 0 Å². The molecule has 3 heteroatoms. The van der Waals surface area contributed by atoms with Gasteiger partial charge in [0, 0.05) is 5.92 Å². The quantitative estimate of drug-likeness (QED) is 0.886. The molecule has 0 bridgehead atoms. The van der Waals surface area contributed by atoms with E-state index < -0.39 is 0 Å². The van der Waals surface area contributed by atoms with E-state index in [2.05, 4.69) is 32.0 Å². The number of rotatable bonds is 5. The topological polar surface area (TPSA) is 55.5 Å². The Bertz CT molecular complexity index is 623. The van der Waals surface area contributed by atoms with E-state index >= 15 is 0 Å². The highest BCUT2D eigenvalue weighted by molar-refractivity contribution is 5.42. The molecular weight excluding hydrogens is 262 g/mol. The minimum absolute atomic E-state index is 0.164. The molecule has 0 aliphatic rings. The van der Waals surface area contributed by atoms with Crippen LogP contribution in [-0.2, 0) is 6.42 Å². The molecule has 1 unspecified atom stereocenters. The van der Waals surface area contributed by atoms with Gasteiger partial charge in [-0.15, -0.1) is 0 Å². The zero-order valence-electron chi connectivity index (χ0n) is 12.9. The van der Waals surface area contributed by atoms with Gasteiger partial charge in [0.1, 0.15) is 0 Å². The Morgan fingerprint density at radius 2 is 1.86 bits per heavy atom. The van der Waals surface area contributed by atoms with Crippen LogP contribution < -0.4 is 10.5 Å². The molecular formula is C18H23NO2. The van der Waals surface area contributed by atoms with Crippen LogP contribution in [0.15, 0.2) is 36.4 Å². The fraction of sp³-hybridized carbons (Fsp3) is 0.333. The third-order valence-electron chi connectivity index (χ3n) is 4.01. The lowest BCUT2D eigenvalue weighted by Crippen LogP contribution is -2.15. The van der Waals surface area contributed by atoms with Crippen molar-refractivity contribution in [2.75, 3.05) is 13.7 Å². The Morgan fingerprint density at radius 1 is 1.10 bits per heavy atom. The summed E-state index contributed by atoms with van der Waals surface area (Å²) in [6.45, 7) is 4.82. The van der Waals surface area contributed by atoms with Crippen molar-refractivity contribution < 1.29 is 9.84 Å². The van der Waals surface area contributed by atoms with Crippen molar-refractivity contribution in [3.63, 3.8) is 0 Å². The SMILES string of the molecule is COc1cc(CC(CN)c2ccc(C)c(C)c2)ccc1O. The van der Waals surface area contributed by atoms with Crippen molar-refractivity contribution in [2.24, 2.45) is 5.73 Å². The van der Waals surface area contributed by atoms with Crippen LogP contribution in [0.4, 0.5) is 0 Å². The van der Waals surface area contributed by atoms with Crippen LogP contribution in [0, 0.1) is 13.8 Å². The molecule has 0 aliphatic heterocycles. The number of hydrogen-bond donors (Lipinski definition) is 2. The molecule has 0 saturated heterocycles. The molecule has 3 N–H and O–H groups in total. The summed E-state index contributed by atoms with van der Waals surface area (Å²) >= 11 is 0. The standard InChI is InChI=1S/C18H23NO2/c1-12-4-6-15(8-13(12)2)16(11-19)9-14-5-7-17(20)18(10-14)21-3/h4-8,10,16,20H,9,11,19H2,1-3H3. The minimum Gasteiger partial charge on any atom is -0.504 e. The summed E-state index contributed by atoms with van der Waals surface area (Å²) in [5.74, 6) is 0.929. The summed E-state index contributed by atoms with van der Waals surface area (Å²) in [6, 6.07) is 12.0. The number of methoxy groups -OCH3 is 1. The Kier molecular flexibility index (Phi) is 4.86. The first kappa shape index (κ1) is 15.4. The molecule has 2 rings (SSSR count). The predicted molar refractivity (Wildman–Crippen MR) is 86.1 cm³/mol. The van der Waals surface area contributed by atoms with Crippen LogP contribution in [0.1, 0.15) is 28.2 Å². The number of aromatic hydroxyl groups is 1. The molecule has 0 fully saturated rings. The molecule has 0 amide bonds. The third-order valence-corrected chi connectivity index (χ3v) is 4.01. The normalized spacial score (nSPS) is 12.2. The van der Waals surface area contributed by atoms with Crippen molar-refractivity contribution in [1.29, 1.82) is 0 Å². The van der Waals surface area contributed by atoms with Gasteiger partial charge in [-0.25, -0.2) is 0 Å². The Balaban J connectivity index is 2.24. The highest BCUT2D eigenvalue weighted by atomic mass is 16.5. The largest absolute Gasteiger partial charge is 0.504 e. The van der Waals surface area contributed by atoms with Gasteiger partial charge in [0.2, 0.25) is 0 Å². The zero-order chi connectivity index (χ0) is 15.4. The number of benzene rings is 2. The molecule has 0 radical (unpaired) electrons. The maximum absolute atomic E-state index is 9.66. The lowest BCUT2D eigenvalue weighted by Gasteiger charge is -2.17. The number of ether oxygens (including phenoxy) is 1. The minimum atomic E-state index is 0.164. The summed E-state index contributed by atoms with van der Waals surface area (Å²) in [6.07, 6.45) is 0.829. The molecule has 3 nitrogen and oxygen atoms in total. The zero-order valence-corrected chi connectivity index (χ0v) is 12.9. The second-order valence-electron chi connectivity index (χ2n) is 5.49. The number of nitrogens with two attached hydrogens (primary N) is 1. The maximum atomic E-state index is 9.66. The number of hydrogen-bond acceptors (Lipinski definition) is 3. The molecule has 21 heavy (non-hydrogen) atoms. The van der Waals surface area contributed by atoms with Gasteiger partial charge in [0.05, 0.1) is 7.11 Å². The van der Waals surface area contributed by atoms with E-state index in [-0.39, 0.29) is 11.7 Å². The lowest BCUT2D eigenvalue weighted by molar-refractivity contribution is 0.373. The van der Waals surface area contributed by atoms with Crippen LogP contribution in [0.3, 0.4) is 0 Å². The maximum Gasteiger partial charge on any atom is 0.160 e. The summed E-state index contributed by atoms with van der Waals surface area (Å²) in [7, 11) is 1.56. The summed E-state index contributed by atoms with van der Waals surface area (Å²) < 4.78 is 5.16. The van der Waals surface area contributed by atoms with Gasteiger partial charge in [0.15, 0.2) is 11.5 Å². The second kappa shape index (κ2) is 6.64. The van der Waals surface area contributed by atoms with Crippen molar-refractivity contribution in [3.8, 4) is 11.5 Å². The highest BCUT2D eigenvalue weighted by Crippen LogP contribution is 2.29. The van der Waals surface area contributed by atoms with E-state index in [0.29, 0.717) is 12.3 Å². The van der Waals surface area contributed by atoms with Gasteiger partial charge in [-0.3, -0.25) is 0 Å². The number of phenols is 1. The molecule has 0 spiro atoms. The van der Waals surface area contributed by atoms with E-state index in [1.54, 1.807) is 13.2 Å². The Morgan fingerprint density at radius 3 is 2.48 bits per heavy atom. The van der Waals surface area contributed by atoms with Gasteiger partial charge in [-0.05, 0) is 61.2 Å². The third kappa shape index (κ3) is 3.56. The van der Waals surface area contributed by atoms with Crippen molar-refractivity contribution in [2.45, 2.75) is 26.2 Å². The molecule has 0 aliphatic carbocycles. The van der Waals surface area contributed by atoms with E-state index in [4.69, 9.17) is 10.5 Å². The molecule has 2 aromatic rings. The summed E-state index contributed by atoms with van der Waals surface area (Å²) in [5.41, 5.74) is 10.9. The smallest absolute Gasteiger partial charge is 0.160 e. The van der Waals surface area contributed by atoms with Crippen molar-refractivity contribution >= 4 is 0 Å². The van der Waals surface area contributed by atoms with Crippen molar-refractivity contribution in [3.05, 3.63) is 58.7 Å². The molecule has 0 heterocycles. The average molecular weight is 285 g/mol. The monoisotopic (exact) mass is 285 g/mol. The van der Waals surface area contributed by atoms with Crippen LogP contribution in [0.2, 0.25) is 0 Å². The van der Waals surface area contributed by atoms with Crippen molar-refractivity contribution in [1.82, 2.24) is 0 Å². The Hall–Kier alpha value is -2.00. The van der Waals surface area contributed by atoms with Crippen LogP contribution in [0.25, 0.3) is 0 Å². The second-order valence-corrected chi connectivity index (χ2v) is 5.49. The fourth-order valence-corrected chi connectivity index (χ4v) is 2.49. The van der Waals surface area contributed by atoms with Gasteiger partial charge in [-0.1, -0.05) is 24.3 Å². The van der Waals surface area contributed by atoms with E-state index in [1.165, 1.54) is 16.7 Å². The molecule has 112 valence electrons. The molecule has 2 aromatic carbocycles. The highest BCUT2D eigenvalue weighted by Gasteiger charge is 2.13. The van der Waals surface area contributed by atoms with Gasteiger partial charge in [0.25, 0.3) is 0 Å². The number of phenolic OH excluding ortho intramolecular Hbond substituents is 1. The van der Waals surface area contributed by atoms with Gasteiger partial charge >= 0.3 is 0 Å².